The van der Waals surface area contributed by atoms with Gasteiger partial charge in [-0.05, 0) is 12.5 Å². The van der Waals surface area contributed by atoms with Crippen molar-refractivity contribution in [1.29, 1.82) is 0 Å². The molecule has 0 aliphatic heterocycles. The number of hydrogen-bond acceptors (Lipinski definition) is 4. The van der Waals surface area contributed by atoms with Gasteiger partial charge in [0.05, 0.1) is 38.9 Å². The molecule has 0 radical (unpaired) electrons. The average molecular weight is 279 g/mol. The van der Waals surface area contributed by atoms with E-state index in [2.05, 4.69) is 0 Å². The Morgan fingerprint density at radius 2 is 1.89 bits per heavy atom. The van der Waals surface area contributed by atoms with Crippen LogP contribution in [-0.2, 0) is 14.9 Å². The number of rotatable bonds is 8. The van der Waals surface area contributed by atoms with Crippen LogP contribution in [0.1, 0.15) is 19.8 Å². The highest BCUT2D eigenvalue weighted by atomic mass is 32.2. The normalized spacial score (nSPS) is 13.7. The number of carboxylic acids is 1. The minimum Gasteiger partial charge on any atom is -0.545 e. The second-order valence-electron chi connectivity index (χ2n) is 4.99. The molecule has 0 aliphatic carbocycles. The zero-order chi connectivity index (χ0) is 14.4. The van der Waals surface area contributed by atoms with Gasteiger partial charge in [-0.25, -0.2) is 0 Å². The van der Waals surface area contributed by atoms with E-state index in [4.69, 9.17) is 4.55 Å². The van der Waals surface area contributed by atoms with E-state index in [0.717, 1.165) is 0 Å². The third-order valence-corrected chi connectivity index (χ3v) is 3.48. The Labute approximate surface area is 108 Å². The molecule has 0 aromatic heterocycles. The first-order chi connectivity index (χ1) is 8.03. The lowest BCUT2D eigenvalue weighted by Gasteiger charge is -2.29. The molecule has 0 bridgehead atoms. The molecule has 0 aliphatic rings. The van der Waals surface area contributed by atoms with Crippen molar-refractivity contribution < 1.29 is 27.4 Å². The Hall–Kier alpha value is -0.920. The van der Waals surface area contributed by atoms with Gasteiger partial charge >= 0.3 is 0 Å². The van der Waals surface area contributed by atoms with Crippen molar-refractivity contribution in [3.63, 3.8) is 0 Å². The van der Waals surface area contributed by atoms with Crippen molar-refractivity contribution in [3.8, 4) is 0 Å². The van der Waals surface area contributed by atoms with Gasteiger partial charge in [-0.1, -0.05) is 6.08 Å². The second kappa shape index (κ2) is 6.86. The van der Waals surface area contributed by atoms with E-state index in [-0.39, 0.29) is 11.3 Å². The van der Waals surface area contributed by atoms with Gasteiger partial charge in [-0.3, -0.25) is 4.55 Å². The molecule has 0 fully saturated rings. The molecule has 0 saturated carbocycles. The molecule has 0 atom stereocenters. The lowest BCUT2D eigenvalue weighted by molar-refractivity contribution is -0.889. The van der Waals surface area contributed by atoms with Gasteiger partial charge in [0.2, 0.25) is 0 Å². The van der Waals surface area contributed by atoms with Crippen LogP contribution < -0.4 is 5.11 Å². The second-order valence-corrected chi connectivity index (χ2v) is 6.56. The summed E-state index contributed by atoms with van der Waals surface area (Å²) in [6.07, 6.45) is 2.55. The molecule has 106 valence electrons. The van der Waals surface area contributed by atoms with Crippen LogP contribution >= 0.6 is 0 Å². The van der Waals surface area contributed by atoms with Crippen molar-refractivity contribution >= 4 is 16.1 Å². The van der Waals surface area contributed by atoms with Gasteiger partial charge in [-0.2, -0.15) is 8.42 Å². The molecular formula is C11H21NO5S. The van der Waals surface area contributed by atoms with E-state index in [0.29, 0.717) is 30.4 Å². The van der Waals surface area contributed by atoms with Crippen molar-refractivity contribution in [2.75, 3.05) is 32.9 Å². The highest BCUT2D eigenvalue weighted by Gasteiger charge is 2.15. The highest BCUT2D eigenvalue weighted by molar-refractivity contribution is 7.85. The molecule has 0 spiro atoms. The fraction of sp³-hybridized carbons (Fsp3) is 0.727. The highest BCUT2D eigenvalue weighted by Crippen LogP contribution is 2.04. The topological polar surface area (TPSA) is 94.5 Å². The van der Waals surface area contributed by atoms with Crippen molar-refractivity contribution in [3.05, 3.63) is 11.6 Å². The van der Waals surface area contributed by atoms with E-state index in [1.54, 1.807) is 6.08 Å². The van der Waals surface area contributed by atoms with Crippen LogP contribution in [0.5, 0.6) is 0 Å². The fourth-order valence-electron chi connectivity index (χ4n) is 1.50. The molecule has 7 heteroatoms. The molecule has 0 aromatic carbocycles. The molecule has 0 saturated heterocycles. The number of carbonyl (C=O) groups excluding carboxylic acids is 1. The van der Waals surface area contributed by atoms with Gasteiger partial charge < -0.3 is 14.4 Å². The third-order valence-electron chi connectivity index (χ3n) is 2.67. The summed E-state index contributed by atoms with van der Waals surface area (Å²) in [5.74, 6) is -1.42. The van der Waals surface area contributed by atoms with E-state index >= 15 is 0 Å². The maximum atomic E-state index is 10.6. The number of quaternary nitrogens is 1. The van der Waals surface area contributed by atoms with Gasteiger partial charge in [0.25, 0.3) is 10.1 Å². The number of carbonyl (C=O) groups is 1. The van der Waals surface area contributed by atoms with Crippen LogP contribution in [0.3, 0.4) is 0 Å². The van der Waals surface area contributed by atoms with Crippen LogP contribution in [0.2, 0.25) is 0 Å². The molecule has 0 aromatic rings. The summed E-state index contributed by atoms with van der Waals surface area (Å²) >= 11 is 0. The summed E-state index contributed by atoms with van der Waals surface area (Å²) in [5, 5.41) is 10.5. The largest absolute Gasteiger partial charge is 0.545 e. The van der Waals surface area contributed by atoms with E-state index in [1.165, 1.54) is 6.92 Å². The molecule has 0 rings (SSSR count). The van der Waals surface area contributed by atoms with Crippen molar-refractivity contribution in [1.82, 2.24) is 0 Å². The van der Waals surface area contributed by atoms with Gasteiger partial charge in [0, 0.05) is 12.8 Å². The first-order valence-corrected chi connectivity index (χ1v) is 7.30. The van der Waals surface area contributed by atoms with Crippen LogP contribution in [0.4, 0.5) is 0 Å². The van der Waals surface area contributed by atoms with Crippen molar-refractivity contribution in [2.45, 2.75) is 19.8 Å². The molecule has 6 nitrogen and oxygen atoms in total. The summed E-state index contributed by atoms with van der Waals surface area (Å²) in [6.45, 7) is 2.77. The summed E-state index contributed by atoms with van der Waals surface area (Å²) in [5.41, 5.74) is 0.202. The Bertz CT molecular complexity index is 411. The first kappa shape index (κ1) is 17.1. The summed E-state index contributed by atoms with van der Waals surface area (Å²) in [7, 11) is -0.0540. The SMILES string of the molecule is CC(=CCC[N+](C)(C)CCCS(=O)(=O)O)C(=O)[O-]. The number of nitrogens with zero attached hydrogens (tertiary/aromatic N) is 1. The average Bonchev–Trinajstić information content (AvgIpc) is 2.14. The Kier molecular flexibility index (Phi) is 6.51. The molecule has 18 heavy (non-hydrogen) atoms. The Morgan fingerprint density at radius 1 is 1.33 bits per heavy atom. The molecule has 0 amide bonds. The first-order valence-electron chi connectivity index (χ1n) is 5.69. The monoisotopic (exact) mass is 279 g/mol. The van der Waals surface area contributed by atoms with E-state index in [1.807, 2.05) is 14.1 Å². The molecule has 1 N–H and O–H groups in total. The number of aliphatic carboxylic acids is 1. The number of carboxylic acid groups (broad SMARTS) is 1. The lowest BCUT2D eigenvalue weighted by Crippen LogP contribution is -2.41. The zero-order valence-corrected chi connectivity index (χ0v) is 11.9. The summed E-state index contributed by atoms with van der Waals surface area (Å²) in [6, 6.07) is 0. The predicted molar refractivity (Wildman–Crippen MR) is 66.3 cm³/mol. The Balaban J connectivity index is 4.09. The van der Waals surface area contributed by atoms with Crippen molar-refractivity contribution in [2.24, 2.45) is 0 Å². The molecule has 0 unspecified atom stereocenters. The van der Waals surface area contributed by atoms with Gasteiger partial charge in [0.15, 0.2) is 0 Å². The standard InChI is InChI=1S/C11H21NO5S/c1-10(11(13)14)6-4-7-12(2,3)8-5-9-18(15,16)17/h6H,4-5,7-9H2,1-3H3,(H-,13,14,15,16,17). The van der Waals surface area contributed by atoms with E-state index in [9.17, 15) is 18.3 Å². The van der Waals surface area contributed by atoms with Gasteiger partial charge in [0.1, 0.15) is 0 Å². The molecular weight excluding hydrogens is 258 g/mol. The third kappa shape index (κ3) is 9.15. The smallest absolute Gasteiger partial charge is 0.265 e. The maximum absolute atomic E-state index is 10.6. The maximum Gasteiger partial charge on any atom is 0.265 e. The van der Waals surface area contributed by atoms with Gasteiger partial charge in [-0.15, -0.1) is 0 Å². The summed E-state index contributed by atoms with van der Waals surface area (Å²) < 4.78 is 30.3. The van der Waals surface area contributed by atoms with Crippen LogP contribution in [-0.4, -0.2) is 56.4 Å². The summed E-state index contributed by atoms with van der Waals surface area (Å²) in [4.78, 5) is 10.5. The minimum absolute atomic E-state index is 0.202. The zero-order valence-electron chi connectivity index (χ0n) is 11.0. The quantitative estimate of drug-likeness (QED) is 0.365. The van der Waals surface area contributed by atoms with Crippen LogP contribution in [0, 0.1) is 0 Å². The fourth-order valence-corrected chi connectivity index (χ4v) is 1.99. The number of hydrogen-bond donors (Lipinski definition) is 1. The predicted octanol–water partition coefficient (Wildman–Crippen LogP) is -0.573. The minimum atomic E-state index is -3.90. The molecule has 0 heterocycles. The van der Waals surface area contributed by atoms with E-state index < -0.39 is 16.1 Å². The van der Waals surface area contributed by atoms with Crippen LogP contribution in [0.25, 0.3) is 0 Å². The van der Waals surface area contributed by atoms with Crippen LogP contribution in [0.15, 0.2) is 11.6 Å². The lowest BCUT2D eigenvalue weighted by atomic mass is 10.2. The Morgan fingerprint density at radius 3 is 2.33 bits per heavy atom.